The van der Waals surface area contributed by atoms with Crippen LogP contribution in [0.25, 0.3) is 0 Å². The second kappa shape index (κ2) is 6.95. The van der Waals surface area contributed by atoms with Gasteiger partial charge in [0.1, 0.15) is 0 Å². The number of carboxylic acid groups (broad SMARTS) is 1. The number of aromatic carboxylic acids is 1. The summed E-state index contributed by atoms with van der Waals surface area (Å²) < 4.78 is 0. The molecule has 1 atom stereocenters. The summed E-state index contributed by atoms with van der Waals surface area (Å²) in [4.78, 5) is 47.0. The van der Waals surface area contributed by atoms with Gasteiger partial charge >= 0.3 is 5.97 Å². The van der Waals surface area contributed by atoms with Crippen LogP contribution in [0, 0.1) is 10.1 Å². The van der Waals surface area contributed by atoms with Gasteiger partial charge in [-0.15, -0.1) is 0 Å². The van der Waals surface area contributed by atoms with Gasteiger partial charge in [-0.05, 0) is 54.6 Å². The molecule has 1 aliphatic rings. The Morgan fingerprint density at radius 2 is 1.64 bits per heavy atom. The summed E-state index contributed by atoms with van der Waals surface area (Å²) in [6.45, 7) is 1.16. The van der Waals surface area contributed by atoms with Crippen molar-refractivity contribution in [2.75, 3.05) is 4.90 Å². The topological polar surface area (TPSA) is 141 Å². The first-order valence-electron chi connectivity index (χ1n) is 8.05. The Morgan fingerprint density at radius 1 is 1.07 bits per heavy atom. The van der Waals surface area contributed by atoms with Crippen molar-refractivity contribution in [3.63, 3.8) is 0 Å². The number of anilines is 1. The van der Waals surface area contributed by atoms with Crippen LogP contribution >= 0.6 is 0 Å². The minimum Gasteiger partial charge on any atom is -0.868 e. The third-order valence-corrected chi connectivity index (χ3v) is 4.38. The van der Waals surface area contributed by atoms with E-state index in [2.05, 4.69) is 0 Å². The Hall–Kier alpha value is -4.01. The fraction of sp³-hybridized carbons (Fsp3) is 0.105. The average Bonchev–Trinajstić information content (AvgIpc) is 2.93. The lowest BCUT2D eigenvalue weighted by Gasteiger charge is -2.27. The molecule has 142 valence electrons. The molecular weight excluding hydrogens is 368 g/mol. The maximum Gasteiger partial charge on any atom is 0.335 e. The van der Waals surface area contributed by atoms with E-state index >= 15 is 0 Å². The van der Waals surface area contributed by atoms with Crippen LogP contribution in [-0.2, 0) is 9.59 Å². The van der Waals surface area contributed by atoms with Gasteiger partial charge in [-0.3, -0.25) is 24.6 Å². The predicted octanol–water partition coefficient (Wildman–Crippen LogP) is 1.58. The van der Waals surface area contributed by atoms with Crippen LogP contribution in [0.3, 0.4) is 0 Å². The number of ketones is 1. The summed E-state index contributed by atoms with van der Waals surface area (Å²) in [6, 6.07) is 9.37. The first-order chi connectivity index (χ1) is 13.2. The van der Waals surface area contributed by atoms with Crippen molar-refractivity contribution in [2.45, 2.75) is 13.0 Å². The number of non-ortho nitro benzene ring substituents is 1. The molecule has 1 aliphatic heterocycles. The fourth-order valence-corrected chi connectivity index (χ4v) is 3.07. The molecule has 0 unspecified atom stereocenters. The van der Waals surface area contributed by atoms with E-state index in [0.717, 1.165) is 11.8 Å². The number of benzene rings is 2. The van der Waals surface area contributed by atoms with Crippen molar-refractivity contribution in [3.8, 4) is 0 Å². The van der Waals surface area contributed by atoms with E-state index < -0.39 is 34.4 Å². The summed E-state index contributed by atoms with van der Waals surface area (Å²) in [5.74, 6) is -3.64. The Kier molecular flexibility index (Phi) is 4.66. The van der Waals surface area contributed by atoms with Gasteiger partial charge in [0.05, 0.1) is 16.5 Å². The number of nitro benzene ring substituents is 1. The zero-order valence-corrected chi connectivity index (χ0v) is 14.5. The normalized spacial score (nSPS) is 16.4. The smallest absolute Gasteiger partial charge is 0.335 e. The number of carboxylic acids is 1. The van der Waals surface area contributed by atoms with Gasteiger partial charge in [-0.25, -0.2) is 4.79 Å². The molecule has 3 rings (SSSR count). The maximum absolute atomic E-state index is 12.6. The summed E-state index contributed by atoms with van der Waals surface area (Å²) >= 11 is 0. The number of nitrogens with zero attached hydrogens (tertiary/aromatic N) is 2. The number of hydrogen-bond donors (Lipinski definition) is 1. The Balaban J connectivity index is 2.12. The van der Waals surface area contributed by atoms with Crippen LogP contribution in [0.2, 0.25) is 0 Å². The van der Waals surface area contributed by atoms with Gasteiger partial charge < -0.3 is 10.2 Å². The highest BCUT2D eigenvalue weighted by molar-refractivity contribution is 6.15. The third-order valence-electron chi connectivity index (χ3n) is 4.38. The van der Waals surface area contributed by atoms with Gasteiger partial charge in [0.25, 0.3) is 5.69 Å². The predicted molar refractivity (Wildman–Crippen MR) is 94.4 cm³/mol. The highest BCUT2D eigenvalue weighted by atomic mass is 16.6. The lowest BCUT2D eigenvalue weighted by atomic mass is 9.96. The van der Waals surface area contributed by atoms with Crippen LogP contribution in [0.4, 0.5) is 11.4 Å². The Labute approximate surface area is 158 Å². The second-order valence-corrected chi connectivity index (χ2v) is 6.08. The van der Waals surface area contributed by atoms with E-state index in [4.69, 9.17) is 5.11 Å². The van der Waals surface area contributed by atoms with Gasteiger partial charge in [0, 0.05) is 23.4 Å². The summed E-state index contributed by atoms with van der Waals surface area (Å²) in [6.07, 6.45) is 0. The van der Waals surface area contributed by atoms with Gasteiger partial charge in [-0.1, -0.05) is 0 Å². The molecule has 0 fully saturated rings. The van der Waals surface area contributed by atoms with Crippen LogP contribution in [-0.4, -0.2) is 27.7 Å². The molecule has 0 radical (unpaired) electrons. The average molecular weight is 381 g/mol. The van der Waals surface area contributed by atoms with Crippen molar-refractivity contribution < 1.29 is 29.5 Å². The summed E-state index contributed by atoms with van der Waals surface area (Å²) in [7, 11) is 0. The number of hydrogen-bond acceptors (Lipinski definition) is 6. The van der Waals surface area contributed by atoms with Crippen molar-refractivity contribution in [1.29, 1.82) is 0 Å². The van der Waals surface area contributed by atoms with E-state index in [1.54, 1.807) is 0 Å². The van der Waals surface area contributed by atoms with E-state index in [1.807, 2.05) is 0 Å². The number of amides is 1. The standard InChI is InChI=1S/C19H14N2O7/c1-10(22)15-16(11-2-8-14(9-3-11)21(27)28)20(18(24)17(15)23)13-6-4-12(5-7-13)19(25)26/h2-9,16,23H,1H3,(H,25,26)/p-1/t16-/m1/s1. The molecule has 0 saturated heterocycles. The van der Waals surface area contributed by atoms with Crippen LogP contribution in [0.15, 0.2) is 59.9 Å². The second-order valence-electron chi connectivity index (χ2n) is 6.08. The molecule has 0 bridgehead atoms. The van der Waals surface area contributed by atoms with Crippen molar-refractivity contribution in [1.82, 2.24) is 0 Å². The molecule has 0 spiro atoms. The zero-order chi connectivity index (χ0) is 20.6. The lowest BCUT2D eigenvalue weighted by molar-refractivity contribution is -0.384. The number of carbonyl (C=O) groups excluding carboxylic acids is 2. The molecule has 0 saturated carbocycles. The first-order valence-corrected chi connectivity index (χ1v) is 8.05. The molecule has 9 heteroatoms. The highest BCUT2D eigenvalue weighted by Crippen LogP contribution is 2.40. The SMILES string of the molecule is CC(=O)C1=C([O-])C(=O)N(c2ccc(C(=O)O)cc2)[C@@H]1c1ccc([N+](=O)[O-])cc1. The van der Waals surface area contributed by atoms with Crippen molar-refractivity contribution in [2.24, 2.45) is 0 Å². The number of Topliss-reactive ketones (excluding diaryl/α,β-unsaturated/α-hetero) is 1. The minimum atomic E-state index is -1.15. The summed E-state index contributed by atoms with van der Waals surface area (Å²) in [5, 5.41) is 32.3. The summed E-state index contributed by atoms with van der Waals surface area (Å²) in [5.41, 5.74) is 0.131. The number of carbonyl (C=O) groups is 3. The quantitative estimate of drug-likeness (QED) is 0.612. The van der Waals surface area contributed by atoms with E-state index in [0.29, 0.717) is 5.56 Å². The maximum atomic E-state index is 12.6. The minimum absolute atomic E-state index is 0.00983. The monoisotopic (exact) mass is 381 g/mol. The molecule has 1 amide bonds. The third kappa shape index (κ3) is 3.09. The highest BCUT2D eigenvalue weighted by Gasteiger charge is 2.39. The first kappa shape index (κ1) is 18.8. The Morgan fingerprint density at radius 3 is 2.11 bits per heavy atom. The molecule has 1 heterocycles. The van der Waals surface area contributed by atoms with Crippen molar-refractivity contribution in [3.05, 3.63) is 81.1 Å². The van der Waals surface area contributed by atoms with Gasteiger partial charge in [0.2, 0.25) is 5.91 Å². The fourth-order valence-electron chi connectivity index (χ4n) is 3.07. The van der Waals surface area contributed by atoms with E-state index in [9.17, 15) is 29.6 Å². The van der Waals surface area contributed by atoms with E-state index in [1.165, 1.54) is 48.5 Å². The van der Waals surface area contributed by atoms with Crippen molar-refractivity contribution >= 4 is 29.0 Å². The molecule has 1 N–H and O–H groups in total. The largest absolute Gasteiger partial charge is 0.868 e. The van der Waals surface area contributed by atoms with Crippen LogP contribution in [0.1, 0.15) is 28.9 Å². The lowest BCUT2D eigenvalue weighted by Crippen LogP contribution is -2.32. The zero-order valence-electron chi connectivity index (χ0n) is 14.5. The Bertz CT molecular complexity index is 1020. The van der Waals surface area contributed by atoms with Crippen LogP contribution < -0.4 is 10.0 Å². The number of nitro groups is 1. The molecule has 2 aromatic carbocycles. The number of rotatable bonds is 5. The molecule has 0 aromatic heterocycles. The van der Waals surface area contributed by atoms with Crippen LogP contribution in [0.5, 0.6) is 0 Å². The molecule has 2 aromatic rings. The van der Waals surface area contributed by atoms with Gasteiger partial charge in [-0.2, -0.15) is 0 Å². The molecular formula is C19H13N2O7-. The molecule has 28 heavy (non-hydrogen) atoms. The van der Waals surface area contributed by atoms with Gasteiger partial charge in [0.15, 0.2) is 5.78 Å². The van der Waals surface area contributed by atoms with E-state index in [-0.39, 0.29) is 22.5 Å². The molecule has 0 aliphatic carbocycles. The molecule has 9 nitrogen and oxygen atoms in total.